The average molecular weight is 488 g/mol. The van der Waals surface area contributed by atoms with Crippen LogP contribution in [-0.4, -0.2) is 46.4 Å². The molecule has 0 fully saturated rings. The van der Waals surface area contributed by atoms with Crippen molar-refractivity contribution in [2.75, 3.05) is 36.7 Å². The van der Waals surface area contributed by atoms with Gasteiger partial charge in [-0.1, -0.05) is 0 Å². The van der Waals surface area contributed by atoms with E-state index in [2.05, 4.69) is 31.0 Å². The number of aromatic nitrogens is 4. The molecule has 0 atom stereocenters. The highest BCUT2D eigenvalue weighted by Gasteiger charge is 2.17. The predicted molar refractivity (Wildman–Crippen MR) is 140 cm³/mol. The fraction of sp³-hybridized carbons (Fsp3) is 0.231. The van der Waals surface area contributed by atoms with Gasteiger partial charge in [0.15, 0.2) is 0 Å². The van der Waals surface area contributed by atoms with E-state index >= 15 is 0 Å². The smallest absolute Gasteiger partial charge is 0.273 e. The van der Waals surface area contributed by atoms with Crippen LogP contribution < -0.4 is 25.4 Å². The fourth-order valence-corrected chi connectivity index (χ4v) is 3.68. The monoisotopic (exact) mass is 487 g/mol. The van der Waals surface area contributed by atoms with Crippen molar-refractivity contribution in [3.05, 3.63) is 66.0 Å². The molecule has 4 aromatic rings. The summed E-state index contributed by atoms with van der Waals surface area (Å²) in [7, 11) is 4.91. The maximum Gasteiger partial charge on any atom is 0.273 e. The third kappa shape index (κ3) is 5.54. The van der Waals surface area contributed by atoms with E-state index in [1.165, 1.54) is 0 Å². The molecule has 10 heteroatoms. The Morgan fingerprint density at radius 1 is 0.972 bits per heavy atom. The summed E-state index contributed by atoms with van der Waals surface area (Å²) >= 11 is 0. The van der Waals surface area contributed by atoms with Crippen LogP contribution in [0.2, 0.25) is 0 Å². The van der Waals surface area contributed by atoms with Crippen LogP contribution in [0.1, 0.15) is 23.1 Å². The Morgan fingerprint density at radius 3 is 2.42 bits per heavy atom. The number of rotatable bonds is 9. The molecule has 2 heterocycles. The Bertz CT molecular complexity index is 1370. The summed E-state index contributed by atoms with van der Waals surface area (Å²) in [6.07, 6.45) is 0. The number of carbonyl (C=O) groups excluding carboxylic acids is 1. The number of ether oxygens (including phenoxy) is 2. The van der Waals surface area contributed by atoms with Crippen molar-refractivity contribution in [3.63, 3.8) is 0 Å². The van der Waals surface area contributed by atoms with Crippen LogP contribution in [-0.2, 0) is 7.05 Å². The highest BCUT2D eigenvalue weighted by atomic mass is 16.5. The summed E-state index contributed by atoms with van der Waals surface area (Å²) in [5.41, 5.74) is 4.09. The molecule has 36 heavy (non-hydrogen) atoms. The lowest BCUT2D eigenvalue weighted by atomic mass is 10.1. The minimum atomic E-state index is -0.277. The van der Waals surface area contributed by atoms with Crippen molar-refractivity contribution in [1.29, 1.82) is 0 Å². The van der Waals surface area contributed by atoms with Crippen molar-refractivity contribution in [1.82, 2.24) is 19.7 Å². The first-order valence-electron chi connectivity index (χ1n) is 11.4. The van der Waals surface area contributed by atoms with Gasteiger partial charge in [0.1, 0.15) is 23.0 Å². The number of hydrogen-bond donors (Lipinski definition) is 3. The molecule has 0 radical (unpaired) electrons. The highest BCUT2D eigenvalue weighted by molar-refractivity contribution is 6.03. The number of nitrogens with one attached hydrogen (secondary N) is 3. The molecular weight excluding hydrogens is 458 g/mol. The summed E-state index contributed by atoms with van der Waals surface area (Å²) in [4.78, 5) is 21.8. The van der Waals surface area contributed by atoms with E-state index in [1.54, 1.807) is 32.0 Å². The van der Waals surface area contributed by atoms with Crippen LogP contribution in [0.4, 0.5) is 23.1 Å². The molecule has 4 rings (SSSR count). The van der Waals surface area contributed by atoms with Crippen molar-refractivity contribution in [3.8, 4) is 22.8 Å². The quantitative estimate of drug-likeness (QED) is 0.313. The number of amides is 1. The lowest BCUT2D eigenvalue weighted by molar-refractivity contribution is 0.101. The summed E-state index contributed by atoms with van der Waals surface area (Å²) in [5.74, 6) is 2.30. The summed E-state index contributed by atoms with van der Waals surface area (Å²) in [5, 5.41) is 13.8. The van der Waals surface area contributed by atoms with E-state index in [-0.39, 0.29) is 5.91 Å². The third-order valence-corrected chi connectivity index (χ3v) is 5.40. The van der Waals surface area contributed by atoms with E-state index < -0.39 is 0 Å². The standard InChI is InChI=1S/C26H29N7O3/c1-6-27-26-28-16(2)13-24(31-26)29-17-7-9-18(10-8-17)30-25(34)22-15-21(32-33(22)3)20-14-19(35-4)11-12-23(20)36-5/h7-15H,6H2,1-5H3,(H,30,34)(H2,27,28,29,31). The van der Waals surface area contributed by atoms with Gasteiger partial charge in [0, 0.05) is 42.3 Å². The van der Waals surface area contributed by atoms with E-state index in [9.17, 15) is 4.79 Å². The first-order chi connectivity index (χ1) is 17.4. The first kappa shape index (κ1) is 24.5. The number of benzene rings is 2. The van der Waals surface area contributed by atoms with Gasteiger partial charge >= 0.3 is 0 Å². The van der Waals surface area contributed by atoms with E-state index in [1.807, 2.05) is 62.4 Å². The molecule has 0 aliphatic heterocycles. The number of anilines is 4. The zero-order valence-corrected chi connectivity index (χ0v) is 20.9. The second kappa shape index (κ2) is 10.8. The topological polar surface area (TPSA) is 115 Å². The molecule has 0 saturated heterocycles. The van der Waals surface area contributed by atoms with Gasteiger partial charge < -0.3 is 25.4 Å². The molecule has 0 bridgehead atoms. The van der Waals surface area contributed by atoms with Gasteiger partial charge in [0.25, 0.3) is 5.91 Å². The van der Waals surface area contributed by atoms with E-state index in [0.717, 1.165) is 23.5 Å². The molecule has 0 saturated carbocycles. The van der Waals surface area contributed by atoms with Crippen molar-refractivity contribution in [2.24, 2.45) is 7.05 Å². The zero-order valence-electron chi connectivity index (χ0n) is 20.9. The van der Waals surface area contributed by atoms with Gasteiger partial charge in [-0.3, -0.25) is 9.48 Å². The van der Waals surface area contributed by atoms with Gasteiger partial charge in [0.2, 0.25) is 5.95 Å². The molecule has 0 unspecified atom stereocenters. The van der Waals surface area contributed by atoms with E-state index in [4.69, 9.17) is 9.47 Å². The summed E-state index contributed by atoms with van der Waals surface area (Å²) < 4.78 is 12.3. The van der Waals surface area contributed by atoms with E-state index in [0.29, 0.717) is 40.3 Å². The largest absolute Gasteiger partial charge is 0.497 e. The molecule has 3 N–H and O–H groups in total. The number of nitrogens with zero attached hydrogens (tertiary/aromatic N) is 4. The van der Waals surface area contributed by atoms with Gasteiger partial charge in [-0.05, 0) is 62.4 Å². The Balaban J connectivity index is 1.48. The van der Waals surface area contributed by atoms with Crippen molar-refractivity contribution < 1.29 is 14.3 Å². The maximum atomic E-state index is 13.0. The third-order valence-electron chi connectivity index (χ3n) is 5.40. The van der Waals surface area contributed by atoms with Crippen LogP contribution >= 0.6 is 0 Å². The van der Waals surface area contributed by atoms with Gasteiger partial charge in [0.05, 0.1) is 19.9 Å². The van der Waals surface area contributed by atoms with Crippen LogP contribution in [0.3, 0.4) is 0 Å². The molecule has 10 nitrogen and oxygen atoms in total. The normalized spacial score (nSPS) is 10.6. The molecule has 2 aromatic heterocycles. The number of methoxy groups -OCH3 is 2. The molecular formula is C26H29N7O3. The molecule has 0 spiro atoms. The average Bonchev–Trinajstić information content (AvgIpc) is 3.26. The van der Waals surface area contributed by atoms with Crippen molar-refractivity contribution >= 4 is 29.0 Å². The van der Waals surface area contributed by atoms with Gasteiger partial charge in [-0.15, -0.1) is 0 Å². The Labute approximate surface area is 209 Å². The SMILES string of the molecule is CCNc1nc(C)cc(Nc2ccc(NC(=O)c3cc(-c4cc(OC)ccc4OC)nn3C)cc2)n1. The van der Waals surface area contributed by atoms with Crippen molar-refractivity contribution in [2.45, 2.75) is 13.8 Å². The lowest BCUT2D eigenvalue weighted by Crippen LogP contribution is -2.16. The fourth-order valence-electron chi connectivity index (χ4n) is 3.68. The summed E-state index contributed by atoms with van der Waals surface area (Å²) in [6.45, 7) is 4.65. The van der Waals surface area contributed by atoms with Crippen LogP contribution in [0.25, 0.3) is 11.3 Å². The summed E-state index contributed by atoms with van der Waals surface area (Å²) in [6, 6.07) is 16.4. The van der Waals surface area contributed by atoms with Gasteiger partial charge in [-0.2, -0.15) is 10.1 Å². The number of aryl methyl sites for hydroxylation is 2. The van der Waals surface area contributed by atoms with Crippen LogP contribution in [0.15, 0.2) is 54.6 Å². The molecule has 186 valence electrons. The predicted octanol–water partition coefficient (Wildman–Crippen LogP) is 4.63. The molecule has 2 aromatic carbocycles. The molecule has 1 amide bonds. The minimum absolute atomic E-state index is 0.277. The Kier molecular flexibility index (Phi) is 7.33. The first-order valence-corrected chi connectivity index (χ1v) is 11.4. The zero-order chi connectivity index (χ0) is 25.7. The number of carbonyl (C=O) groups is 1. The van der Waals surface area contributed by atoms with Crippen LogP contribution in [0, 0.1) is 6.92 Å². The molecule has 0 aliphatic rings. The van der Waals surface area contributed by atoms with Gasteiger partial charge in [-0.25, -0.2) is 4.98 Å². The maximum absolute atomic E-state index is 13.0. The Hall–Kier alpha value is -4.60. The lowest BCUT2D eigenvalue weighted by Gasteiger charge is -2.10. The Morgan fingerprint density at radius 2 is 1.72 bits per heavy atom. The number of hydrogen-bond acceptors (Lipinski definition) is 8. The minimum Gasteiger partial charge on any atom is -0.497 e. The van der Waals surface area contributed by atoms with Crippen LogP contribution in [0.5, 0.6) is 11.5 Å². The molecule has 0 aliphatic carbocycles. The highest BCUT2D eigenvalue weighted by Crippen LogP contribution is 2.33. The second-order valence-electron chi connectivity index (χ2n) is 8.01. The second-order valence-corrected chi connectivity index (χ2v) is 8.01.